The van der Waals surface area contributed by atoms with Crippen molar-refractivity contribution in [2.24, 2.45) is 5.92 Å². The number of thiazole rings is 1. The molecule has 2 unspecified atom stereocenters. The van der Waals surface area contributed by atoms with E-state index in [-0.39, 0.29) is 17.7 Å². The maximum Gasteiger partial charge on any atom is 0.321 e. The summed E-state index contributed by atoms with van der Waals surface area (Å²) < 4.78 is 3.07. The van der Waals surface area contributed by atoms with Crippen molar-refractivity contribution in [3.63, 3.8) is 0 Å². The fourth-order valence-corrected chi connectivity index (χ4v) is 5.24. The summed E-state index contributed by atoms with van der Waals surface area (Å²) in [5.41, 5.74) is 1.02. The van der Waals surface area contributed by atoms with Gasteiger partial charge in [-0.25, -0.2) is 4.79 Å². The van der Waals surface area contributed by atoms with Crippen molar-refractivity contribution in [3.8, 4) is 0 Å². The lowest BCUT2D eigenvalue weighted by Crippen LogP contribution is -2.48. The minimum Gasteiger partial charge on any atom is -0.335 e. The van der Waals surface area contributed by atoms with Crippen molar-refractivity contribution in [1.29, 1.82) is 0 Å². The second kappa shape index (κ2) is 7.85. The second-order valence-corrected chi connectivity index (χ2v) is 8.80. The van der Waals surface area contributed by atoms with Crippen molar-refractivity contribution >= 4 is 50.2 Å². The van der Waals surface area contributed by atoms with E-state index in [4.69, 9.17) is 0 Å². The summed E-state index contributed by atoms with van der Waals surface area (Å²) in [6.45, 7) is 2.14. The van der Waals surface area contributed by atoms with Crippen LogP contribution in [0, 0.1) is 5.92 Å². The number of nitrogens with one attached hydrogen (secondary N) is 2. The molecule has 0 radical (unpaired) electrons. The quantitative estimate of drug-likeness (QED) is 0.652. The van der Waals surface area contributed by atoms with Crippen molar-refractivity contribution in [2.75, 3.05) is 5.75 Å². The first-order valence-corrected chi connectivity index (χ1v) is 10.9. The van der Waals surface area contributed by atoms with Gasteiger partial charge in [-0.15, -0.1) is 10.2 Å². The Hall–Kier alpha value is -2.13. The summed E-state index contributed by atoms with van der Waals surface area (Å²) in [7, 11) is 0. The Bertz CT molecular complexity index is 983. The van der Waals surface area contributed by atoms with Crippen LogP contribution in [0.5, 0.6) is 0 Å². The van der Waals surface area contributed by atoms with Crippen LogP contribution in [-0.2, 0) is 4.79 Å². The van der Waals surface area contributed by atoms with Crippen LogP contribution in [0.15, 0.2) is 29.4 Å². The topological polar surface area (TPSA) is 88.4 Å². The third-order valence-electron chi connectivity index (χ3n) is 4.92. The van der Waals surface area contributed by atoms with Crippen LogP contribution in [0.3, 0.4) is 0 Å². The number of nitrogens with zero attached hydrogens (tertiary/aromatic N) is 3. The zero-order chi connectivity index (χ0) is 18.8. The molecule has 3 amide bonds. The molecule has 7 nitrogen and oxygen atoms in total. The summed E-state index contributed by atoms with van der Waals surface area (Å²) in [6, 6.07) is 7.72. The van der Waals surface area contributed by atoms with E-state index in [0.29, 0.717) is 11.1 Å². The first-order chi connectivity index (χ1) is 13.1. The molecule has 2 heterocycles. The molecule has 27 heavy (non-hydrogen) atoms. The summed E-state index contributed by atoms with van der Waals surface area (Å²) in [4.78, 5) is 25.0. The van der Waals surface area contributed by atoms with Gasteiger partial charge in [-0.3, -0.25) is 14.5 Å². The number of rotatable bonds is 4. The van der Waals surface area contributed by atoms with Gasteiger partial charge in [-0.2, -0.15) is 0 Å². The van der Waals surface area contributed by atoms with E-state index in [2.05, 4.69) is 27.8 Å². The minimum atomic E-state index is -0.410. The molecular formula is C18H21N5O2S2. The van der Waals surface area contributed by atoms with Crippen molar-refractivity contribution < 1.29 is 9.59 Å². The highest BCUT2D eigenvalue weighted by Gasteiger charge is 2.23. The SMILES string of the molecule is CC1CCCCC1NC(=O)NC(=O)CSc1nnc2sc3ccccc3n12. The summed E-state index contributed by atoms with van der Waals surface area (Å²) in [5.74, 6) is 0.223. The number of hydrogen-bond donors (Lipinski definition) is 2. The molecule has 0 bridgehead atoms. The summed E-state index contributed by atoms with van der Waals surface area (Å²) in [6.07, 6.45) is 4.42. The number of amides is 3. The van der Waals surface area contributed by atoms with Crippen LogP contribution >= 0.6 is 23.1 Å². The smallest absolute Gasteiger partial charge is 0.321 e. The van der Waals surface area contributed by atoms with Crippen molar-refractivity contribution in [2.45, 2.75) is 43.8 Å². The van der Waals surface area contributed by atoms with Gasteiger partial charge in [-0.1, -0.05) is 55.0 Å². The molecule has 1 fully saturated rings. The van der Waals surface area contributed by atoms with Gasteiger partial charge < -0.3 is 5.32 Å². The van der Waals surface area contributed by atoms with Gasteiger partial charge in [0.05, 0.1) is 16.0 Å². The summed E-state index contributed by atoms with van der Waals surface area (Å²) >= 11 is 2.84. The normalized spacial score (nSPS) is 20.0. The number of carbonyl (C=O) groups excluding carboxylic acids is 2. The van der Waals surface area contributed by atoms with Crippen LogP contribution in [0.2, 0.25) is 0 Å². The predicted octanol–water partition coefficient (Wildman–Crippen LogP) is 3.44. The average molecular weight is 404 g/mol. The summed E-state index contributed by atoms with van der Waals surface area (Å²) in [5, 5.41) is 14.4. The lowest BCUT2D eigenvalue weighted by molar-refractivity contribution is -0.117. The maximum absolute atomic E-state index is 12.2. The second-order valence-electron chi connectivity index (χ2n) is 6.85. The Morgan fingerprint density at radius 1 is 1.26 bits per heavy atom. The van der Waals surface area contributed by atoms with E-state index in [1.807, 2.05) is 28.7 Å². The Balaban J connectivity index is 1.35. The van der Waals surface area contributed by atoms with Gasteiger partial charge in [0.15, 0.2) is 5.16 Å². The first kappa shape index (κ1) is 18.2. The lowest BCUT2D eigenvalue weighted by Gasteiger charge is -2.29. The molecule has 9 heteroatoms. The van der Waals surface area contributed by atoms with Crippen molar-refractivity contribution in [1.82, 2.24) is 25.2 Å². The van der Waals surface area contributed by atoms with Gasteiger partial charge in [0, 0.05) is 6.04 Å². The maximum atomic E-state index is 12.2. The largest absolute Gasteiger partial charge is 0.335 e. The molecule has 2 aromatic heterocycles. The number of hydrogen-bond acceptors (Lipinski definition) is 6. The number of thioether (sulfide) groups is 1. The van der Waals surface area contributed by atoms with Crippen molar-refractivity contribution in [3.05, 3.63) is 24.3 Å². The molecule has 3 aromatic rings. The lowest BCUT2D eigenvalue weighted by atomic mass is 9.86. The minimum absolute atomic E-state index is 0.110. The number of benzene rings is 1. The van der Waals surface area contributed by atoms with Gasteiger partial charge in [0.1, 0.15) is 0 Å². The standard InChI is InChI=1S/C18H21N5O2S2/c1-11-6-2-3-7-12(11)19-16(25)20-15(24)10-26-17-21-22-18-23(17)13-8-4-5-9-14(13)27-18/h4-5,8-9,11-12H,2-3,6-7,10H2,1H3,(H2,19,20,24,25). The fourth-order valence-electron chi connectivity index (χ4n) is 3.48. The number of imide groups is 1. The third-order valence-corrected chi connectivity index (χ3v) is 6.87. The number of fused-ring (bicyclic) bond motifs is 3. The van der Waals surface area contributed by atoms with Crippen LogP contribution in [0.25, 0.3) is 15.2 Å². The van der Waals surface area contributed by atoms with Crippen LogP contribution in [-0.4, -0.2) is 38.3 Å². The molecule has 4 rings (SSSR count). The molecule has 2 atom stereocenters. The Morgan fingerprint density at radius 2 is 2.07 bits per heavy atom. The predicted molar refractivity (Wildman–Crippen MR) is 107 cm³/mol. The first-order valence-electron chi connectivity index (χ1n) is 9.07. The molecule has 0 aliphatic heterocycles. The fraction of sp³-hybridized carbons (Fsp3) is 0.444. The number of para-hydroxylation sites is 1. The highest BCUT2D eigenvalue weighted by atomic mass is 32.2. The van der Waals surface area contributed by atoms with Crippen LogP contribution in [0.1, 0.15) is 32.6 Å². The van der Waals surface area contributed by atoms with Gasteiger partial charge >= 0.3 is 6.03 Å². The molecule has 2 N–H and O–H groups in total. The molecule has 1 aliphatic carbocycles. The average Bonchev–Trinajstić information content (AvgIpc) is 3.21. The van der Waals surface area contributed by atoms with E-state index in [1.165, 1.54) is 18.2 Å². The Labute approximate surface area is 164 Å². The number of carbonyl (C=O) groups is 2. The number of urea groups is 1. The molecule has 1 aliphatic rings. The monoisotopic (exact) mass is 403 g/mol. The Morgan fingerprint density at radius 3 is 2.93 bits per heavy atom. The molecule has 0 spiro atoms. The highest BCUT2D eigenvalue weighted by Crippen LogP contribution is 2.29. The van der Waals surface area contributed by atoms with Gasteiger partial charge in [0.2, 0.25) is 10.9 Å². The third kappa shape index (κ3) is 3.93. The zero-order valence-electron chi connectivity index (χ0n) is 15.0. The van der Waals surface area contributed by atoms with Crippen LogP contribution in [0.4, 0.5) is 4.79 Å². The number of aromatic nitrogens is 3. The Kier molecular flexibility index (Phi) is 5.31. The van der Waals surface area contributed by atoms with Gasteiger partial charge in [-0.05, 0) is 30.9 Å². The molecular weight excluding hydrogens is 382 g/mol. The van der Waals surface area contributed by atoms with E-state index in [0.717, 1.165) is 34.4 Å². The van der Waals surface area contributed by atoms with E-state index in [1.54, 1.807) is 11.3 Å². The zero-order valence-corrected chi connectivity index (χ0v) is 16.6. The molecule has 0 saturated heterocycles. The van der Waals surface area contributed by atoms with E-state index >= 15 is 0 Å². The molecule has 1 aromatic carbocycles. The van der Waals surface area contributed by atoms with E-state index in [9.17, 15) is 9.59 Å². The van der Waals surface area contributed by atoms with E-state index < -0.39 is 6.03 Å². The van der Waals surface area contributed by atoms with Crippen LogP contribution < -0.4 is 10.6 Å². The van der Waals surface area contributed by atoms with Gasteiger partial charge in [0.25, 0.3) is 0 Å². The molecule has 1 saturated carbocycles. The highest BCUT2D eigenvalue weighted by molar-refractivity contribution is 7.99. The molecule has 142 valence electrons.